The summed E-state index contributed by atoms with van der Waals surface area (Å²) >= 11 is 0. The van der Waals surface area contributed by atoms with Crippen molar-refractivity contribution in [3.8, 4) is 11.6 Å². The number of methoxy groups -OCH3 is 2. The summed E-state index contributed by atoms with van der Waals surface area (Å²) < 4.78 is 37.7. The van der Waals surface area contributed by atoms with Gasteiger partial charge in [-0.1, -0.05) is 0 Å². The van der Waals surface area contributed by atoms with Gasteiger partial charge in [0.25, 0.3) is 0 Å². The smallest absolute Gasteiger partial charge is 0.319 e. The Balaban J connectivity index is 1.69. The fraction of sp³-hybridized carbons (Fsp3) is 0.333. The number of urea groups is 1. The summed E-state index contributed by atoms with van der Waals surface area (Å²) in [4.78, 5) is 16.3. The van der Waals surface area contributed by atoms with Gasteiger partial charge in [-0.05, 0) is 42.7 Å². The van der Waals surface area contributed by atoms with Crippen molar-refractivity contribution in [3.05, 3.63) is 42.1 Å². The number of carbonyl (C=O) groups excluding carboxylic acids is 1. The standard InChI is InChI=1S/C18H22N4O5S/c1-26-16-6-5-14(28(24,25)22-13-3-4-13)10-15(16)21-18(23)20-11-12-7-8-19-17(9-12)27-2/h5-10,13,22H,3-4,11H2,1-2H3,(H2,20,21,23). The van der Waals surface area contributed by atoms with Gasteiger partial charge in [-0.2, -0.15) is 0 Å². The van der Waals surface area contributed by atoms with E-state index in [1.165, 1.54) is 32.4 Å². The lowest BCUT2D eigenvalue weighted by Crippen LogP contribution is -2.29. The fourth-order valence-electron chi connectivity index (χ4n) is 2.46. The normalized spacial score (nSPS) is 13.6. The van der Waals surface area contributed by atoms with Gasteiger partial charge in [-0.25, -0.2) is 22.9 Å². The Kier molecular flexibility index (Phi) is 6.00. The number of nitrogens with one attached hydrogen (secondary N) is 3. The Morgan fingerprint density at radius 1 is 1.18 bits per heavy atom. The van der Waals surface area contributed by atoms with E-state index in [2.05, 4.69) is 20.3 Å². The molecule has 1 aromatic carbocycles. The number of pyridine rings is 1. The number of anilines is 1. The Morgan fingerprint density at radius 3 is 2.64 bits per heavy atom. The van der Waals surface area contributed by atoms with E-state index in [4.69, 9.17) is 9.47 Å². The SMILES string of the molecule is COc1cc(CNC(=O)Nc2cc(S(=O)(=O)NC3CC3)ccc2OC)ccn1. The molecule has 1 aliphatic carbocycles. The molecule has 0 unspecified atom stereocenters. The van der Waals surface area contributed by atoms with Crippen molar-refractivity contribution in [1.29, 1.82) is 0 Å². The van der Waals surface area contributed by atoms with Gasteiger partial charge in [0.05, 0.1) is 24.8 Å². The number of hydrogen-bond donors (Lipinski definition) is 3. The number of benzene rings is 1. The molecule has 0 radical (unpaired) electrons. The summed E-state index contributed by atoms with van der Waals surface area (Å²) in [6, 6.07) is 7.26. The van der Waals surface area contributed by atoms with Gasteiger partial charge in [-0.15, -0.1) is 0 Å². The molecular weight excluding hydrogens is 384 g/mol. The van der Waals surface area contributed by atoms with E-state index >= 15 is 0 Å². The third-order valence-electron chi connectivity index (χ3n) is 4.09. The number of amides is 2. The second-order valence-corrected chi connectivity index (χ2v) is 7.99. The minimum Gasteiger partial charge on any atom is -0.495 e. The second kappa shape index (κ2) is 8.44. The number of ether oxygens (including phenoxy) is 2. The third kappa shape index (κ3) is 5.11. The maximum absolute atomic E-state index is 12.4. The van der Waals surface area contributed by atoms with Gasteiger partial charge in [0, 0.05) is 24.8 Å². The predicted octanol–water partition coefficient (Wildman–Crippen LogP) is 1.86. The van der Waals surface area contributed by atoms with Crippen LogP contribution < -0.4 is 24.8 Å². The molecule has 28 heavy (non-hydrogen) atoms. The van der Waals surface area contributed by atoms with Gasteiger partial charge >= 0.3 is 6.03 Å². The number of rotatable bonds is 8. The molecule has 2 amide bonds. The lowest BCUT2D eigenvalue weighted by atomic mass is 10.2. The first-order chi connectivity index (χ1) is 13.4. The number of aromatic nitrogens is 1. The first-order valence-corrected chi connectivity index (χ1v) is 10.1. The first kappa shape index (κ1) is 19.9. The van der Waals surface area contributed by atoms with E-state index in [-0.39, 0.29) is 23.2 Å². The highest BCUT2D eigenvalue weighted by Gasteiger charge is 2.28. The molecular formula is C18H22N4O5S. The van der Waals surface area contributed by atoms with Crippen LogP contribution >= 0.6 is 0 Å². The average Bonchev–Trinajstić information content (AvgIpc) is 3.49. The summed E-state index contributed by atoms with van der Waals surface area (Å²) in [6.45, 7) is 0.244. The average molecular weight is 406 g/mol. The van der Waals surface area contributed by atoms with Crippen LogP contribution in [0.5, 0.6) is 11.6 Å². The predicted molar refractivity (Wildman–Crippen MR) is 103 cm³/mol. The Labute approximate surface area is 163 Å². The molecule has 1 saturated carbocycles. The fourth-order valence-corrected chi connectivity index (χ4v) is 3.79. The number of carbonyl (C=O) groups is 1. The zero-order valence-corrected chi connectivity index (χ0v) is 16.4. The number of sulfonamides is 1. The van der Waals surface area contributed by atoms with Crippen LogP contribution in [-0.2, 0) is 16.6 Å². The zero-order chi connectivity index (χ0) is 20.1. The minimum atomic E-state index is -3.64. The van der Waals surface area contributed by atoms with Gasteiger partial charge in [0.1, 0.15) is 5.75 Å². The lowest BCUT2D eigenvalue weighted by Gasteiger charge is -2.13. The van der Waals surface area contributed by atoms with Crippen LogP contribution in [0.25, 0.3) is 0 Å². The van der Waals surface area contributed by atoms with Crippen LogP contribution in [0.3, 0.4) is 0 Å². The quantitative estimate of drug-likeness (QED) is 0.616. The van der Waals surface area contributed by atoms with Crippen molar-refractivity contribution in [2.45, 2.75) is 30.3 Å². The molecule has 0 aliphatic heterocycles. The van der Waals surface area contributed by atoms with E-state index < -0.39 is 16.1 Å². The molecule has 0 spiro atoms. The van der Waals surface area contributed by atoms with Crippen molar-refractivity contribution in [2.75, 3.05) is 19.5 Å². The van der Waals surface area contributed by atoms with E-state index in [0.717, 1.165) is 18.4 Å². The van der Waals surface area contributed by atoms with E-state index in [0.29, 0.717) is 11.6 Å². The van der Waals surface area contributed by atoms with Crippen molar-refractivity contribution in [2.24, 2.45) is 0 Å². The molecule has 3 N–H and O–H groups in total. The molecule has 1 fully saturated rings. The minimum absolute atomic E-state index is 0.0100. The highest BCUT2D eigenvalue weighted by Crippen LogP contribution is 2.29. The monoisotopic (exact) mass is 406 g/mol. The first-order valence-electron chi connectivity index (χ1n) is 8.65. The van der Waals surface area contributed by atoms with Crippen LogP contribution in [0, 0.1) is 0 Å². The number of nitrogens with zero attached hydrogens (tertiary/aromatic N) is 1. The molecule has 0 saturated heterocycles. The molecule has 9 nitrogen and oxygen atoms in total. The Bertz CT molecular complexity index is 960. The van der Waals surface area contributed by atoms with Crippen molar-refractivity contribution >= 4 is 21.7 Å². The zero-order valence-electron chi connectivity index (χ0n) is 15.6. The molecule has 1 aromatic heterocycles. The maximum atomic E-state index is 12.4. The molecule has 1 aliphatic rings. The van der Waals surface area contributed by atoms with Crippen LogP contribution in [0.15, 0.2) is 41.4 Å². The van der Waals surface area contributed by atoms with Crippen molar-refractivity contribution < 1.29 is 22.7 Å². The summed E-state index contributed by atoms with van der Waals surface area (Å²) in [7, 11) is -0.687. The molecule has 150 valence electrons. The van der Waals surface area contributed by atoms with Crippen molar-refractivity contribution in [1.82, 2.24) is 15.0 Å². The van der Waals surface area contributed by atoms with Crippen LogP contribution in [-0.4, -0.2) is 39.7 Å². The summed E-state index contributed by atoms with van der Waals surface area (Å²) in [5, 5.41) is 5.32. The van der Waals surface area contributed by atoms with E-state index in [1.807, 2.05) is 0 Å². The van der Waals surface area contributed by atoms with Gasteiger partial charge in [0.2, 0.25) is 15.9 Å². The van der Waals surface area contributed by atoms with Gasteiger partial charge in [0.15, 0.2) is 0 Å². The molecule has 3 rings (SSSR count). The molecule has 10 heteroatoms. The van der Waals surface area contributed by atoms with Crippen LogP contribution in [0.2, 0.25) is 0 Å². The lowest BCUT2D eigenvalue weighted by molar-refractivity contribution is 0.251. The summed E-state index contributed by atoms with van der Waals surface area (Å²) in [6.07, 6.45) is 3.25. The Hall–Kier alpha value is -2.85. The summed E-state index contributed by atoms with van der Waals surface area (Å²) in [5.74, 6) is 0.800. The summed E-state index contributed by atoms with van der Waals surface area (Å²) in [5.41, 5.74) is 1.06. The maximum Gasteiger partial charge on any atom is 0.319 e. The molecule has 0 atom stereocenters. The third-order valence-corrected chi connectivity index (χ3v) is 5.61. The van der Waals surface area contributed by atoms with Crippen molar-refractivity contribution in [3.63, 3.8) is 0 Å². The van der Waals surface area contributed by atoms with Gasteiger partial charge < -0.3 is 20.1 Å². The Morgan fingerprint density at radius 2 is 1.96 bits per heavy atom. The highest BCUT2D eigenvalue weighted by atomic mass is 32.2. The number of hydrogen-bond acceptors (Lipinski definition) is 6. The van der Waals surface area contributed by atoms with Gasteiger partial charge in [-0.3, -0.25) is 0 Å². The highest BCUT2D eigenvalue weighted by molar-refractivity contribution is 7.89. The molecule has 2 aromatic rings. The van der Waals surface area contributed by atoms with Crippen LogP contribution in [0.4, 0.5) is 10.5 Å². The molecule has 1 heterocycles. The van der Waals surface area contributed by atoms with E-state index in [1.54, 1.807) is 18.3 Å². The van der Waals surface area contributed by atoms with E-state index in [9.17, 15) is 13.2 Å². The second-order valence-electron chi connectivity index (χ2n) is 6.27. The largest absolute Gasteiger partial charge is 0.495 e. The molecule has 0 bridgehead atoms. The van der Waals surface area contributed by atoms with Crippen LogP contribution in [0.1, 0.15) is 18.4 Å². The topological polar surface area (TPSA) is 119 Å².